The zero-order chi connectivity index (χ0) is 19.0. The van der Waals surface area contributed by atoms with E-state index in [-0.39, 0.29) is 18.2 Å². The van der Waals surface area contributed by atoms with Crippen LogP contribution < -0.4 is 10.6 Å². The van der Waals surface area contributed by atoms with Gasteiger partial charge in [0, 0.05) is 11.3 Å². The number of aromatic nitrogens is 2. The molecule has 0 radical (unpaired) electrons. The first-order valence-electron chi connectivity index (χ1n) is 8.21. The second-order valence-corrected chi connectivity index (χ2v) is 6.92. The van der Waals surface area contributed by atoms with Gasteiger partial charge in [-0.15, -0.1) is 0 Å². The Kier molecular flexibility index (Phi) is 4.59. The minimum Gasteiger partial charge on any atom is -0.324 e. The van der Waals surface area contributed by atoms with Gasteiger partial charge in [-0.3, -0.25) is 9.59 Å². The average molecular weight is 401 g/mol. The highest BCUT2D eigenvalue weighted by molar-refractivity contribution is 6.42. The van der Waals surface area contributed by atoms with E-state index in [1.807, 2.05) is 30.3 Å². The molecule has 6 nitrogen and oxygen atoms in total. The number of amides is 2. The molecule has 27 heavy (non-hydrogen) atoms. The number of hydrogen-bond acceptors (Lipinski definition) is 3. The summed E-state index contributed by atoms with van der Waals surface area (Å²) in [4.78, 5) is 25.0. The van der Waals surface area contributed by atoms with Crippen LogP contribution in [0.5, 0.6) is 0 Å². The van der Waals surface area contributed by atoms with E-state index in [9.17, 15) is 9.59 Å². The molecular weight excluding hydrogens is 387 g/mol. The van der Waals surface area contributed by atoms with Crippen molar-refractivity contribution >= 4 is 46.5 Å². The lowest BCUT2D eigenvalue weighted by molar-refractivity contribution is -0.125. The van der Waals surface area contributed by atoms with Gasteiger partial charge >= 0.3 is 0 Å². The molecule has 136 valence electrons. The van der Waals surface area contributed by atoms with Crippen LogP contribution in [-0.2, 0) is 9.59 Å². The highest BCUT2D eigenvalue weighted by Crippen LogP contribution is 2.34. The van der Waals surface area contributed by atoms with Gasteiger partial charge in [-0.2, -0.15) is 5.10 Å². The van der Waals surface area contributed by atoms with Crippen LogP contribution in [0.1, 0.15) is 12.5 Å². The topological polar surface area (TPSA) is 76.0 Å². The van der Waals surface area contributed by atoms with Gasteiger partial charge in [0.15, 0.2) is 0 Å². The van der Waals surface area contributed by atoms with Crippen molar-refractivity contribution in [1.82, 2.24) is 9.78 Å². The molecule has 4 rings (SSSR count). The Balaban J connectivity index is 1.65. The lowest BCUT2D eigenvalue weighted by atomic mass is 10.1. The number of nitrogens with zero attached hydrogens (tertiary/aromatic N) is 2. The summed E-state index contributed by atoms with van der Waals surface area (Å²) in [5, 5.41) is 10.7. The molecule has 0 fully saturated rings. The third-order valence-electron chi connectivity index (χ3n) is 4.30. The first-order valence-corrected chi connectivity index (χ1v) is 8.97. The van der Waals surface area contributed by atoms with Crippen molar-refractivity contribution in [2.45, 2.75) is 12.5 Å². The number of fused-ring (bicyclic) bond motifs is 1. The fourth-order valence-corrected chi connectivity index (χ4v) is 3.30. The lowest BCUT2D eigenvalue weighted by Gasteiger charge is -2.24. The first-order chi connectivity index (χ1) is 13.0. The average Bonchev–Trinajstić information content (AvgIpc) is 3.08. The molecule has 0 bridgehead atoms. The van der Waals surface area contributed by atoms with Crippen LogP contribution >= 0.6 is 23.2 Å². The molecule has 2 N–H and O–H groups in total. The van der Waals surface area contributed by atoms with Crippen molar-refractivity contribution in [3.63, 3.8) is 0 Å². The summed E-state index contributed by atoms with van der Waals surface area (Å²) < 4.78 is 1.54. The predicted molar refractivity (Wildman–Crippen MR) is 105 cm³/mol. The summed E-state index contributed by atoms with van der Waals surface area (Å²) in [6, 6.07) is 13.6. The molecule has 2 aromatic carbocycles. The smallest absolute Gasteiger partial charge is 0.249 e. The Morgan fingerprint density at radius 1 is 1.15 bits per heavy atom. The third kappa shape index (κ3) is 3.41. The highest BCUT2D eigenvalue weighted by Gasteiger charge is 2.33. The van der Waals surface area contributed by atoms with E-state index < -0.39 is 6.04 Å². The molecule has 0 saturated carbocycles. The molecule has 0 saturated heterocycles. The molecule has 1 aliphatic heterocycles. The summed E-state index contributed by atoms with van der Waals surface area (Å²) in [7, 11) is 0. The quantitative estimate of drug-likeness (QED) is 0.684. The number of hydrogen-bond donors (Lipinski definition) is 2. The Morgan fingerprint density at radius 3 is 2.67 bits per heavy atom. The van der Waals surface area contributed by atoms with Crippen LogP contribution in [-0.4, -0.2) is 21.6 Å². The molecule has 8 heteroatoms. The summed E-state index contributed by atoms with van der Waals surface area (Å²) in [5.41, 5.74) is 2.16. The van der Waals surface area contributed by atoms with Crippen molar-refractivity contribution in [2.24, 2.45) is 0 Å². The monoisotopic (exact) mass is 400 g/mol. The maximum Gasteiger partial charge on any atom is 0.249 e. The lowest BCUT2D eigenvalue weighted by Crippen LogP contribution is -2.35. The van der Waals surface area contributed by atoms with E-state index >= 15 is 0 Å². The van der Waals surface area contributed by atoms with Gasteiger partial charge in [0.2, 0.25) is 11.8 Å². The van der Waals surface area contributed by atoms with Crippen LogP contribution in [0.4, 0.5) is 11.5 Å². The van der Waals surface area contributed by atoms with Gasteiger partial charge in [0.25, 0.3) is 0 Å². The van der Waals surface area contributed by atoms with Crippen LogP contribution in [0.25, 0.3) is 11.1 Å². The van der Waals surface area contributed by atoms with Crippen molar-refractivity contribution in [3.05, 3.63) is 64.8 Å². The van der Waals surface area contributed by atoms with E-state index in [2.05, 4.69) is 15.7 Å². The summed E-state index contributed by atoms with van der Waals surface area (Å²) in [6.07, 6.45) is 1.64. The largest absolute Gasteiger partial charge is 0.324 e. The Labute approximate surface area is 165 Å². The number of nitrogens with one attached hydrogen (secondary N) is 2. The molecular formula is C19H14Cl2N4O2. The number of carbonyl (C=O) groups excluding carboxylic acids is 2. The number of carbonyl (C=O) groups is 2. The number of halogens is 2. The zero-order valence-corrected chi connectivity index (χ0v) is 15.5. The predicted octanol–water partition coefficient (Wildman–Crippen LogP) is 4.38. The van der Waals surface area contributed by atoms with Crippen molar-refractivity contribution < 1.29 is 9.59 Å². The van der Waals surface area contributed by atoms with Gasteiger partial charge in [0.05, 0.1) is 22.7 Å². The van der Waals surface area contributed by atoms with E-state index in [0.29, 0.717) is 21.6 Å². The molecule has 2 heterocycles. The fourth-order valence-electron chi connectivity index (χ4n) is 3.00. The molecule has 2 amide bonds. The van der Waals surface area contributed by atoms with Crippen LogP contribution in [0.3, 0.4) is 0 Å². The van der Waals surface area contributed by atoms with Gasteiger partial charge in [-0.1, -0.05) is 53.5 Å². The van der Waals surface area contributed by atoms with Gasteiger partial charge < -0.3 is 10.6 Å². The van der Waals surface area contributed by atoms with Crippen molar-refractivity contribution in [1.29, 1.82) is 0 Å². The Hall–Kier alpha value is -2.83. The molecule has 0 spiro atoms. The maximum absolute atomic E-state index is 12.8. The van der Waals surface area contributed by atoms with Crippen LogP contribution in [0.2, 0.25) is 10.0 Å². The molecule has 1 aromatic heterocycles. The standard InChI is InChI=1S/C19H14Cl2N4O2/c20-14-7-6-12(8-15(14)21)23-19(27)16-9-17(26)24-18-13(10-22-25(16)18)11-4-2-1-3-5-11/h1-8,10,16H,9H2,(H,23,27)(H,24,26)/t16-/m1/s1. The molecule has 1 aliphatic rings. The molecule has 0 unspecified atom stereocenters. The number of rotatable bonds is 3. The van der Waals surface area contributed by atoms with E-state index in [1.165, 1.54) is 4.68 Å². The minimum absolute atomic E-state index is 0.00390. The number of anilines is 2. The Morgan fingerprint density at radius 2 is 1.93 bits per heavy atom. The summed E-state index contributed by atoms with van der Waals surface area (Å²) >= 11 is 11.9. The summed E-state index contributed by atoms with van der Waals surface area (Å²) in [5.74, 6) is -0.0894. The Bertz CT molecular complexity index is 1030. The van der Waals surface area contributed by atoms with Crippen LogP contribution in [0, 0.1) is 0 Å². The van der Waals surface area contributed by atoms with E-state index in [0.717, 1.165) is 11.1 Å². The second kappa shape index (κ2) is 7.06. The summed E-state index contributed by atoms with van der Waals surface area (Å²) in [6.45, 7) is 0. The van der Waals surface area contributed by atoms with Gasteiger partial charge in [0.1, 0.15) is 11.9 Å². The van der Waals surface area contributed by atoms with Crippen molar-refractivity contribution in [3.8, 4) is 11.1 Å². The third-order valence-corrected chi connectivity index (χ3v) is 5.04. The maximum atomic E-state index is 12.8. The SMILES string of the molecule is O=C1C[C@H](C(=O)Nc2ccc(Cl)c(Cl)c2)n2ncc(-c3ccccc3)c2N1. The molecule has 3 aromatic rings. The van der Waals surface area contributed by atoms with Crippen molar-refractivity contribution in [2.75, 3.05) is 10.6 Å². The van der Waals surface area contributed by atoms with Gasteiger partial charge in [-0.25, -0.2) is 4.68 Å². The highest BCUT2D eigenvalue weighted by atomic mass is 35.5. The van der Waals surface area contributed by atoms with E-state index in [1.54, 1.807) is 24.4 Å². The van der Waals surface area contributed by atoms with E-state index in [4.69, 9.17) is 23.2 Å². The molecule has 1 atom stereocenters. The zero-order valence-electron chi connectivity index (χ0n) is 13.9. The second-order valence-electron chi connectivity index (χ2n) is 6.10. The number of benzene rings is 2. The van der Waals surface area contributed by atoms with Crippen LogP contribution in [0.15, 0.2) is 54.7 Å². The first kappa shape index (κ1) is 17.6. The fraction of sp³-hybridized carbons (Fsp3) is 0.105. The molecule has 0 aliphatic carbocycles. The minimum atomic E-state index is -0.763. The van der Waals surface area contributed by atoms with Gasteiger partial charge in [-0.05, 0) is 23.8 Å². The normalized spacial score (nSPS) is 15.8.